The SMILES string of the molecule is C[C@]12CCC(=O)C=C1CC[C@H]1[C@@H]2C(=O)C[C@]2(C)[C@H]1CC[C@]2(O)C(=O)COC(=O)CCC(=O)NC[C@H](C(=O)O)c1ccccc1. The number of ketones is 3. The summed E-state index contributed by atoms with van der Waals surface area (Å²) in [4.78, 5) is 75.6. The number of hydrogen-bond donors (Lipinski definition) is 3. The molecule has 1 amide bonds. The molecule has 4 aliphatic carbocycles. The third-order valence-electron chi connectivity index (χ3n) is 11.2. The molecule has 4 aliphatic rings. The van der Waals surface area contributed by atoms with Crippen molar-refractivity contribution in [2.24, 2.45) is 28.6 Å². The Kier molecular flexibility index (Phi) is 8.68. The number of rotatable bonds is 10. The number of fused-ring (bicyclic) bond motifs is 5. The predicted molar refractivity (Wildman–Crippen MR) is 157 cm³/mol. The molecule has 0 aliphatic heterocycles. The smallest absolute Gasteiger partial charge is 0.312 e. The normalized spacial score (nSPS) is 33.2. The molecule has 0 aromatic heterocycles. The van der Waals surface area contributed by atoms with Crippen molar-refractivity contribution < 1.29 is 43.7 Å². The molecule has 7 atom stereocenters. The zero-order valence-electron chi connectivity index (χ0n) is 25.3. The number of carbonyl (C=O) groups is 6. The van der Waals surface area contributed by atoms with E-state index in [1.807, 2.05) is 0 Å². The van der Waals surface area contributed by atoms with E-state index in [0.29, 0.717) is 24.8 Å². The van der Waals surface area contributed by atoms with Crippen molar-refractivity contribution in [3.05, 3.63) is 47.5 Å². The van der Waals surface area contributed by atoms with Gasteiger partial charge in [0.25, 0.3) is 0 Å². The van der Waals surface area contributed by atoms with Gasteiger partial charge in [0.1, 0.15) is 11.4 Å². The van der Waals surface area contributed by atoms with Gasteiger partial charge in [-0.25, -0.2) is 0 Å². The van der Waals surface area contributed by atoms with E-state index in [-0.39, 0.29) is 67.0 Å². The number of aliphatic hydroxyl groups is 1. The molecule has 0 heterocycles. The van der Waals surface area contributed by atoms with E-state index in [4.69, 9.17) is 4.74 Å². The lowest BCUT2D eigenvalue weighted by atomic mass is 9.46. The Morgan fingerprint density at radius 3 is 2.45 bits per heavy atom. The van der Waals surface area contributed by atoms with Crippen LogP contribution in [-0.2, 0) is 33.5 Å². The largest absolute Gasteiger partial charge is 0.481 e. The van der Waals surface area contributed by atoms with Gasteiger partial charge in [-0.2, -0.15) is 0 Å². The van der Waals surface area contributed by atoms with Crippen LogP contribution in [0.25, 0.3) is 0 Å². The molecular weight excluding hydrogens is 566 g/mol. The Morgan fingerprint density at radius 2 is 1.75 bits per heavy atom. The second kappa shape index (κ2) is 12.0. The Morgan fingerprint density at radius 1 is 1.02 bits per heavy atom. The number of carboxylic acids is 1. The van der Waals surface area contributed by atoms with Gasteiger partial charge in [0.2, 0.25) is 11.7 Å². The number of allylic oxidation sites excluding steroid dienone is 1. The second-order valence-corrected chi connectivity index (χ2v) is 13.5. The van der Waals surface area contributed by atoms with Gasteiger partial charge in [0.15, 0.2) is 12.4 Å². The summed E-state index contributed by atoms with van der Waals surface area (Å²) in [5.41, 5.74) is -1.60. The highest BCUT2D eigenvalue weighted by Crippen LogP contribution is 2.66. The molecule has 1 aromatic rings. The number of esters is 1. The quantitative estimate of drug-likeness (QED) is 0.339. The predicted octanol–water partition coefficient (Wildman–Crippen LogP) is 3.31. The number of carbonyl (C=O) groups excluding carboxylic acids is 5. The molecule has 3 saturated carbocycles. The van der Waals surface area contributed by atoms with E-state index in [1.54, 1.807) is 43.3 Å². The molecule has 10 heteroatoms. The number of Topliss-reactive ketones (excluding diaryl/α,β-unsaturated/α-hetero) is 2. The highest BCUT2D eigenvalue weighted by Gasteiger charge is 2.68. The Balaban J connectivity index is 1.15. The van der Waals surface area contributed by atoms with Crippen molar-refractivity contribution in [3.8, 4) is 0 Å². The minimum atomic E-state index is -1.82. The number of benzene rings is 1. The fourth-order valence-electron chi connectivity index (χ4n) is 8.74. The van der Waals surface area contributed by atoms with Gasteiger partial charge in [0.05, 0.1) is 12.3 Å². The van der Waals surface area contributed by atoms with Crippen LogP contribution in [0.4, 0.5) is 0 Å². The van der Waals surface area contributed by atoms with E-state index in [9.17, 15) is 39.0 Å². The van der Waals surface area contributed by atoms with Gasteiger partial charge in [0, 0.05) is 37.1 Å². The summed E-state index contributed by atoms with van der Waals surface area (Å²) in [5.74, 6) is -4.17. The van der Waals surface area contributed by atoms with Crippen LogP contribution in [0.1, 0.15) is 83.1 Å². The van der Waals surface area contributed by atoms with Crippen molar-refractivity contribution in [3.63, 3.8) is 0 Å². The van der Waals surface area contributed by atoms with Crippen LogP contribution < -0.4 is 5.32 Å². The average molecular weight is 608 g/mol. The summed E-state index contributed by atoms with van der Waals surface area (Å²) >= 11 is 0. The summed E-state index contributed by atoms with van der Waals surface area (Å²) < 4.78 is 5.17. The highest BCUT2D eigenvalue weighted by atomic mass is 16.5. The Hall–Kier alpha value is -3.66. The summed E-state index contributed by atoms with van der Waals surface area (Å²) in [5, 5.41) is 23.8. The first-order valence-corrected chi connectivity index (χ1v) is 15.5. The van der Waals surface area contributed by atoms with Crippen LogP contribution in [0.3, 0.4) is 0 Å². The molecule has 3 N–H and O–H groups in total. The van der Waals surface area contributed by atoms with Gasteiger partial charge >= 0.3 is 11.9 Å². The highest BCUT2D eigenvalue weighted by molar-refractivity contribution is 5.95. The number of ether oxygens (including phenoxy) is 1. The Labute approximate surface area is 256 Å². The van der Waals surface area contributed by atoms with E-state index in [0.717, 1.165) is 18.4 Å². The van der Waals surface area contributed by atoms with Gasteiger partial charge in [-0.3, -0.25) is 28.8 Å². The van der Waals surface area contributed by atoms with Gasteiger partial charge in [-0.05, 0) is 61.0 Å². The van der Waals surface area contributed by atoms with E-state index >= 15 is 0 Å². The molecule has 0 bridgehead atoms. The van der Waals surface area contributed by atoms with Crippen molar-refractivity contribution >= 4 is 35.2 Å². The number of aliphatic carboxylic acids is 1. The van der Waals surface area contributed by atoms with E-state index < -0.39 is 47.2 Å². The first kappa shape index (κ1) is 31.8. The van der Waals surface area contributed by atoms with Gasteiger partial charge < -0.3 is 20.3 Å². The fourth-order valence-corrected chi connectivity index (χ4v) is 8.74. The summed E-state index contributed by atoms with van der Waals surface area (Å²) in [6.07, 6.45) is 4.47. The van der Waals surface area contributed by atoms with Crippen LogP contribution in [0.5, 0.6) is 0 Å². The maximum Gasteiger partial charge on any atom is 0.312 e. The van der Waals surface area contributed by atoms with E-state index in [2.05, 4.69) is 12.2 Å². The molecule has 10 nitrogen and oxygen atoms in total. The molecule has 0 spiro atoms. The van der Waals surface area contributed by atoms with Crippen molar-refractivity contribution in [2.45, 2.75) is 83.2 Å². The maximum absolute atomic E-state index is 13.8. The van der Waals surface area contributed by atoms with Crippen LogP contribution in [0, 0.1) is 28.6 Å². The first-order chi connectivity index (χ1) is 20.8. The van der Waals surface area contributed by atoms with Crippen molar-refractivity contribution in [2.75, 3.05) is 13.2 Å². The van der Waals surface area contributed by atoms with Crippen LogP contribution in [0.15, 0.2) is 42.0 Å². The zero-order chi connectivity index (χ0) is 31.9. The minimum Gasteiger partial charge on any atom is -0.481 e. The standard InChI is InChI=1S/C34H41NO9/c1-32-14-12-22(36)16-21(32)8-9-23-25-13-15-34(43,33(25,2)17-26(37)30(23)32)27(38)19-44-29(40)11-10-28(39)35-18-24(31(41)42)20-6-4-3-5-7-20/h3-7,16,23-25,30,43H,8-15,17-19H2,1-2H3,(H,35,39)(H,41,42)/t23-,24+,25+,30-,32+,33-,34+/m1/s1. The molecule has 0 radical (unpaired) electrons. The summed E-state index contributed by atoms with van der Waals surface area (Å²) in [6.45, 7) is 3.08. The lowest BCUT2D eigenvalue weighted by molar-refractivity contribution is -0.173. The molecule has 5 rings (SSSR count). The van der Waals surface area contributed by atoms with Crippen molar-refractivity contribution in [1.29, 1.82) is 0 Å². The number of hydrogen-bond acceptors (Lipinski definition) is 8. The first-order valence-electron chi connectivity index (χ1n) is 15.5. The fraction of sp³-hybridized carbons (Fsp3) is 0.588. The average Bonchev–Trinajstić information content (AvgIpc) is 3.26. The number of amides is 1. The lowest BCUT2D eigenvalue weighted by Crippen LogP contribution is -2.61. The van der Waals surface area contributed by atoms with Gasteiger partial charge in [-0.15, -0.1) is 0 Å². The molecule has 236 valence electrons. The van der Waals surface area contributed by atoms with Crippen molar-refractivity contribution in [1.82, 2.24) is 5.32 Å². The molecule has 0 unspecified atom stereocenters. The van der Waals surface area contributed by atoms with Gasteiger partial charge in [-0.1, -0.05) is 49.8 Å². The molecule has 0 saturated heterocycles. The minimum absolute atomic E-state index is 0.00195. The molecule has 44 heavy (non-hydrogen) atoms. The zero-order valence-corrected chi connectivity index (χ0v) is 25.3. The lowest BCUT2D eigenvalue weighted by Gasteiger charge is -2.57. The molecule has 1 aromatic carbocycles. The van der Waals surface area contributed by atoms with Crippen LogP contribution in [0.2, 0.25) is 0 Å². The topological polar surface area (TPSA) is 164 Å². The number of carboxylic acid groups (broad SMARTS) is 1. The third kappa shape index (κ3) is 5.53. The molecule has 3 fully saturated rings. The monoisotopic (exact) mass is 607 g/mol. The van der Waals surface area contributed by atoms with Crippen LogP contribution >= 0.6 is 0 Å². The summed E-state index contributed by atoms with van der Waals surface area (Å²) in [7, 11) is 0. The number of nitrogens with one attached hydrogen (secondary N) is 1. The third-order valence-corrected chi connectivity index (χ3v) is 11.2. The van der Waals surface area contributed by atoms with E-state index in [1.165, 1.54) is 0 Å². The molecular formula is C34H41NO9. The maximum atomic E-state index is 13.8. The Bertz CT molecular complexity index is 1400. The second-order valence-electron chi connectivity index (χ2n) is 13.5. The summed E-state index contributed by atoms with van der Waals surface area (Å²) in [6, 6.07) is 8.49. The van der Waals surface area contributed by atoms with Crippen LogP contribution in [-0.4, -0.2) is 64.2 Å².